The van der Waals surface area contributed by atoms with Gasteiger partial charge >= 0.3 is 17.9 Å². The van der Waals surface area contributed by atoms with Crippen molar-refractivity contribution in [2.45, 2.75) is 106 Å². The zero-order valence-corrected chi connectivity index (χ0v) is 27.9. The van der Waals surface area contributed by atoms with Gasteiger partial charge in [-0.1, -0.05) is 30.3 Å². The molecule has 1 saturated carbocycles. The summed E-state index contributed by atoms with van der Waals surface area (Å²) in [7, 11) is 0. The van der Waals surface area contributed by atoms with Gasteiger partial charge in [0.25, 0.3) is 0 Å². The summed E-state index contributed by atoms with van der Waals surface area (Å²) in [5, 5.41) is 51.2. The fourth-order valence-corrected chi connectivity index (χ4v) is 7.25. The van der Waals surface area contributed by atoms with Gasteiger partial charge in [0.1, 0.15) is 36.1 Å². The van der Waals surface area contributed by atoms with E-state index in [1.807, 2.05) is 6.07 Å². The van der Waals surface area contributed by atoms with Crippen molar-refractivity contribution in [1.29, 1.82) is 0 Å². The van der Waals surface area contributed by atoms with Crippen LogP contribution in [0, 0.1) is 11.8 Å². The zero-order chi connectivity index (χ0) is 36.6. The predicted octanol–water partition coefficient (Wildman–Crippen LogP) is -1.33. The summed E-state index contributed by atoms with van der Waals surface area (Å²) in [6.45, 7) is 2.69. The molecule has 17 heteroatoms. The van der Waals surface area contributed by atoms with Crippen molar-refractivity contribution in [3.63, 3.8) is 0 Å². The van der Waals surface area contributed by atoms with E-state index in [4.69, 9.17) is 42.6 Å². The van der Waals surface area contributed by atoms with Gasteiger partial charge in [0.05, 0.1) is 37.6 Å². The molecule has 16 atom stereocenters. The zero-order valence-electron chi connectivity index (χ0n) is 27.9. The molecule has 3 saturated heterocycles. The van der Waals surface area contributed by atoms with Gasteiger partial charge in [0, 0.05) is 25.8 Å². The highest BCUT2D eigenvalue weighted by Crippen LogP contribution is 2.61. The second-order valence-corrected chi connectivity index (χ2v) is 13.0. The van der Waals surface area contributed by atoms with Crippen LogP contribution in [-0.4, -0.2) is 142 Å². The molecule has 4 fully saturated rings. The Balaban J connectivity index is 1.24. The van der Waals surface area contributed by atoms with E-state index in [1.165, 1.54) is 25.3 Å². The molecule has 5 aliphatic rings. The first-order chi connectivity index (χ1) is 24.4. The van der Waals surface area contributed by atoms with E-state index in [-0.39, 0.29) is 0 Å². The van der Waals surface area contributed by atoms with E-state index in [1.54, 1.807) is 37.3 Å². The first kappa shape index (κ1) is 37.3. The van der Waals surface area contributed by atoms with Gasteiger partial charge < -0.3 is 68.2 Å². The van der Waals surface area contributed by atoms with E-state index in [2.05, 4.69) is 0 Å². The van der Waals surface area contributed by atoms with Gasteiger partial charge in [-0.25, -0.2) is 4.79 Å². The van der Waals surface area contributed by atoms with Gasteiger partial charge in [0.15, 0.2) is 30.9 Å². The number of aliphatic hydroxyl groups excluding tert-OH is 5. The minimum Gasteiger partial charge on any atom is -0.472 e. The maximum Gasteiger partial charge on any atom is 0.331 e. The molecule has 1 aromatic carbocycles. The van der Waals surface area contributed by atoms with Gasteiger partial charge in [-0.05, 0) is 24.6 Å². The molecule has 280 valence electrons. The smallest absolute Gasteiger partial charge is 0.331 e. The lowest BCUT2D eigenvalue weighted by Gasteiger charge is -2.45. The molecule has 1 aliphatic carbocycles. The van der Waals surface area contributed by atoms with Crippen molar-refractivity contribution in [1.82, 2.24) is 0 Å². The Bertz CT molecular complexity index is 1470. The third kappa shape index (κ3) is 7.41. The molecule has 0 unspecified atom stereocenters. The second-order valence-electron chi connectivity index (χ2n) is 13.0. The van der Waals surface area contributed by atoms with E-state index >= 15 is 0 Å². The molecule has 0 amide bonds. The van der Waals surface area contributed by atoms with Gasteiger partial charge in [-0.3, -0.25) is 9.59 Å². The summed E-state index contributed by atoms with van der Waals surface area (Å²) >= 11 is 0. The van der Waals surface area contributed by atoms with Crippen LogP contribution in [0.25, 0.3) is 6.08 Å². The summed E-state index contributed by atoms with van der Waals surface area (Å²) in [5.74, 6) is -3.71. The summed E-state index contributed by atoms with van der Waals surface area (Å²) in [4.78, 5) is 37.6. The monoisotopic (exact) mass is 722 g/mol. The summed E-state index contributed by atoms with van der Waals surface area (Å²) < 4.78 is 52.6. The summed E-state index contributed by atoms with van der Waals surface area (Å²) in [6, 6.07) is 8.96. The number of ether oxygens (including phenoxy) is 9. The Morgan fingerprint density at radius 3 is 2.20 bits per heavy atom. The van der Waals surface area contributed by atoms with Crippen LogP contribution in [0.1, 0.15) is 26.3 Å². The highest BCUT2D eigenvalue weighted by atomic mass is 16.8. The predicted molar refractivity (Wildman–Crippen MR) is 166 cm³/mol. The van der Waals surface area contributed by atoms with Crippen LogP contribution in [0.4, 0.5) is 0 Å². The number of benzene rings is 1. The molecule has 51 heavy (non-hydrogen) atoms. The average Bonchev–Trinajstić information content (AvgIpc) is 3.78. The number of hydrogen-bond donors (Lipinski definition) is 5. The van der Waals surface area contributed by atoms with Gasteiger partial charge in [-0.2, -0.15) is 0 Å². The minimum atomic E-state index is -1.72. The quantitative estimate of drug-likeness (QED) is 0.0769. The SMILES string of the molecule is CC(=O)O[C@@H]1[C@@H](OC(=O)/C=C\c2ccccc2)[C@@H](OC(C)=O)[C@H](O[C@@H]2[C@H]3C=CO[C@H](O[C@@H]4O[C@@H](CO)[C@H](O)[C@@H](O)[C@H]4O)[C@H]3[C@]3(CO)O[C@H]23)O[C@H]1C. The molecular weight excluding hydrogens is 680 g/mol. The highest BCUT2D eigenvalue weighted by Gasteiger charge is 2.77. The maximum atomic E-state index is 13.1. The molecule has 4 heterocycles. The topological polar surface area (TPSA) is 239 Å². The Kier molecular flexibility index (Phi) is 11.1. The van der Waals surface area contributed by atoms with Crippen LogP contribution in [0.5, 0.6) is 0 Å². The summed E-state index contributed by atoms with van der Waals surface area (Å²) in [6.07, 6.45) is -11.5. The van der Waals surface area contributed by atoms with Crippen LogP contribution in [-0.2, 0) is 57.0 Å². The fraction of sp³-hybridized carbons (Fsp3) is 0.618. The van der Waals surface area contributed by atoms with Crippen molar-refractivity contribution < 1.29 is 82.5 Å². The van der Waals surface area contributed by atoms with Crippen LogP contribution in [0.3, 0.4) is 0 Å². The van der Waals surface area contributed by atoms with Crippen LogP contribution >= 0.6 is 0 Å². The minimum absolute atomic E-state index is 0.512. The van der Waals surface area contributed by atoms with Crippen molar-refractivity contribution in [3.05, 3.63) is 54.3 Å². The lowest BCUT2D eigenvalue weighted by atomic mass is 9.85. The third-order valence-electron chi connectivity index (χ3n) is 9.68. The number of hydrogen-bond acceptors (Lipinski definition) is 17. The Morgan fingerprint density at radius 1 is 0.824 bits per heavy atom. The molecular formula is C34H42O17. The molecule has 1 aromatic rings. The second kappa shape index (κ2) is 15.2. The molecule has 0 radical (unpaired) electrons. The number of fused-ring (bicyclic) bond motifs is 3. The van der Waals surface area contributed by atoms with Crippen molar-refractivity contribution >= 4 is 24.0 Å². The van der Waals surface area contributed by atoms with E-state index in [0.29, 0.717) is 0 Å². The van der Waals surface area contributed by atoms with Gasteiger partial charge in [0.2, 0.25) is 6.29 Å². The van der Waals surface area contributed by atoms with E-state index < -0.39 is 128 Å². The lowest BCUT2D eigenvalue weighted by molar-refractivity contribution is -0.347. The Hall–Kier alpha value is -3.49. The van der Waals surface area contributed by atoms with Crippen molar-refractivity contribution in [2.75, 3.05) is 13.2 Å². The van der Waals surface area contributed by atoms with Crippen molar-refractivity contribution in [2.24, 2.45) is 11.8 Å². The molecule has 0 aromatic heterocycles. The molecule has 0 spiro atoms. The number of carbonyl (C=O) groups excluding carboxylic acids is 3. The highest BCUT2D eigenvalue weighted by molar-refractivity contribution is 5.87. The molecule has 4 aliphatic heterocycles. The average molecular weight is 723 g/mol. The fourth-order valence-electron chi connectivity index (χ4n) is 7.25. The molecule has 17 nitrogen and oxygen atoms in total. The lowest BCUT2D eigenvalue weighted by Crippen LogP contribution is -2.62. The number of esters is 3. The number of aliphatic hydroxyl groups is 5. The first-order valence-electron chi connectivity index (χ1n) is 16.5. The molecule has 6 rings (SSSR count). The number of epoxide rings is 1. The normalized spacial score (nSPS) is 42.7. The van der Waals surface area contributed by atoms with Crippen LogP contribution in [0.15, 0.2) is 48.7 Å². The molecule has 0 bridgehead atoms. The standard InChI is InChI=1S/C34H42O17/c1-15-26(45-16(2)37)28(48-21(39)10-9-18-7-5-4-6-8-18)29(46-17(3)38)33(44-15)49-27-19-11-12-43-31(22(19)34(14-36)30(27)51-34)50-32-25(42)24(41)23(40)20(13-35)47-32/h4-12,15,19-20,22-33,35-36,40-42H,13-14H2,1-3H3/b10-9-/t15-,19-,20-,22-,23-,24+,25+,26-,27+,28+,29+,30+,31+,32-,33-,34-/m0/s1. The first-order valence-corrected chi connectivity index (χ1v) is 16.5. The van der Waals surface area contributed by atoms with E-state index in [9.17, 15) is 39.9 Å². The summed E-state index contributed by atoms with van der Waals surface area (Å²) in [5.41, 5.74) is -0.556. The Morgan fingerprint density at radius 2 is 1.53 bits per heavy atom. The van der Waals surface area contributed by atoms with E-state index in [0.717, 1.165) is 12.5 Å². The van der Waals surface area contributed by atoms with Gasteiger partial charge in [-0.15, -0.1) is 0 Å². The van der Waals surface area contributed by atoms with Crippen molar-refractivity contribution in [3.8, 4) is 0 Å². The number of rotatable bonds is 11. The maximum absolute atomic E-state index is 13.1. The Labute approximate surface area is 292 Å². The number of carbonyl (C=O) groups is 3. The molecule has 5 N–H and O–H groups in total. The third-order valence-corrected chi connectivity index (χ3v) is 9.68. The van der Waals surface area contributed by atoms with Crippen LogP contribution < -0.4 is 0 Å². The largest absolute Gasteiger partial charge is 0.472 e. The van der Waals surface area contributed by atoms with Crippen LogP contribution in [0.2, 0.25) is 0 Å².